The van der Waals surface area contributed by atoms with Crippen LogP contribution in [0.2, 0.25) is 0 Å². The minimum absolute atomic E-state index is 0.185. The van der Waals surface area contributed by atoms with Crippen molar-refractivity contribution in [1.82, 2.24) is 14.9 Å². The molecule has 0 N–H and O–H groups in total. The van der Waals surface area contributed by atoms with Gasteiger partial charge in [-0.05, 0) is 67.2 Å². The molecule has 2 aliphatic heterocycles. The molecule has 2 atom stereocenters. The zero-order valence-corrected chi connectivity index (χ0v) is 23.3. The quantitative estimate of drug-likeness (QED) is 0.250. The Morgan fingerprint density at radius 3 is 2.49 bits per heavy atom. The number of hydrogen-bond donors (Lipinski definition) is 0. The highest BCUT2D eigenvalue weighted by atomic mass is 15.3. The topological polar surface area (TPSA) is 41.4 Å². The Kier molecular flexibility index (Phi) is 5.49. The molecular weight excluding hydrogens is 500 g/mol. The summed E-state index contributed by atoms with van der Waals surface area (Å²) in [5.74, 6) is 1.15. The minimum Gasteiger partial charge on any atom is -0.317 e. The van der Waals surface area contributed by atoms with Crippen LogP contribution in [-0.4, -0.2) is 32.8 Å². The van der Waals surface area contributed by atoms with Crippen LogP contribution in [0.25, 0.3) is 38.6 Å². The van der Waals surface area contributed by atoms with E-state index in [1.54, 1.807) is 0 Å². The zero-order valence-electron chi connectivity index (χ0n) is 23.3. The summed E-state index contributed by atoms with van der Waals surface area (Å²) in [4.78, 5) is 17.3. The van der Waals surface area contributed by atoms with Crippen molar-refractivity contribution in [3.05, 3.63) is 137 Å². The van der Waals surface area contributed by atoms with Crippen LogP contribution >= 0.6 is 0 Å². The van der Waals surface area contributed by atoms with Crippen LogP contribution in [0, 0.1) is 0 Å². The summed E-state index contributed by atoms with van der Waals surface area (Å²) in [6.45, 7) is 4.36. The number of allylic oxidation sites excluding steroid dienone is 8. The van der Waals surface area contributed by atoms with E-state index in [1.165, 1.54) is 33.6 Å². The van der Waals surface area contributed by atoms with E-state index >= 15 is 0 Å². The third kappa shape index (κ3) is 3.78. The van der Waals surface area contributed by atoms with Crippen molar-refractivity contribution in [2.45, 2.75) is 38.8 Å². The monoisotopic (exact) mass is 530 g/mol. The first-order valence-corrected chi connectivity index (χ1v) is 14.4. The van der Waals surface area contributed by atoms with E-state index in [2.05, 4.69) is 121 Å². The minimum atomic E-state index is 0.185. The molecule has 0 saturated heterocycles. The van der Waals surface area contributed by atoms with Gasteiger partial charge in [-0.1, -0.05) is 85.0 Å². The largest absolute Gasteiger partial charge is 0.317 e. The summed E-state index contributed by atoms with van der Waals surface area (Å²) >= 11 is 0. The zero-order chi connectivity index (χ0) is 27.5. The Bertz CT molecular complexity index is 1960. The number of rotatable bonds is 3. The average Bonchev–Trinajstić information content (AvgIpc) is 3.42. The number of hydrogen-bond acceptors (Lipinski definition) is 4. The van der Waals surface area contributed by atoms with E-state index in [9.17, 15) is 0 Å². The molecule has 0 spiro atoms. The second-order valence-corrected chi connectivity index (χ2v) is 11.1. The number of fused-ring (bicyclic) bond motifs is 7. The molecule has 8 rings (SSSR count). The van der Waals surface area contributed by atoms with Gasteiger partial charge < -0.3 is 4.90 Å². The van der Waals surface area contributed by atoms with Crippen LogP contribution in [0.3, 0.4) is 0 Å². The van der Waals surface area contributed by atoms with Crippen molar-refractivity contribution in [3.63, 3.8) is 0 Å². The number of benzene rings is 2. The second-order valence-electron chi connectivity index (χ2n) is 11.1. The summed E-state index contributed by atoms with van der Waals surface area (Å²) in [6, 6.07) is 21.9. The maximum Gasteiger partial charge on any atom is 0.133 e. The molecule has 0 fully saturated rings. The van der Waals surface area contributed by atoms with Crippen LogP contribution in [-0.2, 0) is 0 Å². The number of amidine groups is 1. The van der Waals surface area contributed by atoms with Crippen molar-refractivity contribution < 1.29 is 0 Å². The number of nitrogens with zero attached hydrogens (tertiary/aromatic N) is 4. The normalized spacial score (nSPS) is 21.5. The fourth-order valence-electron chi connectivity index (χ4n) is 6.73. The smallest absolute Gasteiger partial charge is 0.133 e. The molecule has 4 heterocycles. The molecule has 2 aromatic heterocycles. The number of pyridine rings is 2. The van der Waals surface area contributed by atoms with E-state index in [-0.39, 0.29) is 12.1 Å². The van der Waals surface area contributed by atoms with Gasteiger partial charge in [-0.15, -0.1) is 0 Å². The SMILES string of the molecule is C/C=C\C1=C(C)C2=C(CCC(c3ccc(-c4ccc5ccc6cccnc6c5n4)cc3)=C2)C2=NC3C=CC=CC3N21. The van der Waals surface area contributed by atoms with Crippen LogP contribution in [0.4, 0.5) is 0 Å². The molecule has 4 aromatic rings. The van der Waals surface area contributed by atoms with Crippen LogP contribution < -0.4 is 0 Å². The Morgan fingerprint density at radius 2 is 1.63 bits per heavy atom. The Balaban J connectivity index is 1.16. The Hall–Kier alpha value is -4.83. The first kappa shape index (κ1) is 24.0. The third-order valence-corrected chi connectivity index (χ3v) is 8.79. The second kappa shape index (κ2) is 9.38. The highest BCUT2D eigenvalue weighted by Gasteiger charge is 2.41. The molecule has 2 unspecified atom stereocenters. The number of aromatic nitrogens is 2. The van der Waals surface area contributed by atoms with Crippen LogP contribution in [0.15, 0.2) is 137 Å². The lowest BCUT2D eigenvalue weighted by Gasteiger charge is -2.37. The van der Waals surface area contributed by atoms with Gasteiger partial charge in [-0.25, -0.2) is 4.98 Å². The average molecular weight is 531 g/mol. The standard InChI is InChI=1S/C37H30N4/c1-3-7-33-23(2)30-22-28(17-19-29(30)37-40-32-9-4-5-10-34(32)41(33)37)24-11-13-25(14-12-24)31-20-18-27-16-15-26-8-6-21-38-35(26)36(27)39-31/h3-16,18,20-22,32,34H,17,19H2,1-2H3/b7-3-. The third-order valence-electron chi connectivity index (χ3n) is 8.79. The summed E-state index contributed by atoms with van der Waals surface area (Å²) in [7, 11) is 0. The molecule has 0 saturated carbocycles. The maximum absolute atomic E-state index is 5.20. The lowest BCUT2D eigenvalue weighted by atomic mass is 9.82. The predicted octanol–water partition coefficient (Wildman–Crippen LogP) is 8.36. The van der Waals surface area contributed by atoms with E-state index in [1.807, 2.05) is 12.3 Å². The van der Waals surface area contributed by atoms with Gasteiger partial charge in [-0.2, -0.15) is 0 Å². The van der Waals surface area contributed by atoms with Gasteiger partial charge in [0, 0.05) is 33.8 Å². The van der Waals surface area contributed by atoms with Gasteiger partial charge in [0.15, 0.2) is 0 Å². The molecule has 0 radical (unpaired) electrons. The number of aliphatic imine (C=N–C) groups is 1. The van der Waals surface area contributed by atoms with Gasteiger partial charge in [0.2, 0.25) is 0 Å². The van der Waals surface area contributed by atoms with Crippen LogP contribution in [0.1, 0.15) is 32.3 Å². The van der Waals surface area contributed by atoms with Crippen molar-refractivity contribution in [1.29, 1.82) is 0 Å². The van der Waals surface area contributed by atoms with E-state index in [4.69, 9.17) is 9.98 Å². The molecule has 198 valence electrons. The van der Waals surface area contributed by atoms with Gasteiger partial charge >= 0.3 is 0 Å². The highest BCUT2D eigenvalue weighted by Crippen LogP contribution is 2.44. The van der Waals surface area contributed by atoms with Gasteiger partial charge in [0.25, 0.3) is 0 Å². The van der Waals surface area contributed by atoms with Gasteiger partial charge in [0.05, 0.1) is 28.8 Å². The molecular formula is C37H30N4. The van der Waals surface area contributed by atoms with E-state index < -0.39 is 0 Å². The fourth-order valence-corrected chi connectivity index (χ4v) is 6.73. The molecule has 4 nitrogen and oxygen atoms in total. The summed E-state index contributed by atoms with van der Waals surface area (Å²) in [5.41, 5.74) is 11.9. The van der Waals surface area contributed by atoms with Crippen molar-refractivity contribution in [2.24, 2.45) is 4.99 Å². The first-order chi connectivity index (χ1) is 20.2. The van der Waals surface area contributed by atoms with Crippen molar-refractivity contribution in [3.8, 4) is 11.3 Å². The molecule has 2 aromatic carbocycles. The lowest BCUT2D eigenvalue weighted by molar-refractivity contribution is 0.447. The molecule has 0 bridgehead atoms. The molecule has 0 amide bonds. The molecule has 41 heavy (non-hydrogen) atoms. The predicted molar refractivity (Wildman–Crippen MR) is 169 cm³/mol. The molecule has 2 aliphatic carbocycles. The summed E-state index contributed by atoms with van der Waals surface area (Å²) in [5, 5.41) is 2.22. The first-order valence-electron chi connectivity index (χ1n) is 14.4. The van der Waals surface area contributed by atoms with Crippen molar-refractivity contribution in [2.75, 3.05) is 0 Å². The summed E-state index contributed by atoms with van der Waals surface area (Å²) < 4.78 is 0. The fraction of sp³-hybridized carbons (Fsp3) is 0.162. The van der Waals surface area contributed by atoms with Gasteiger partial charge in [-0.3, -0.25) is 9.98 Å². The molecule has 4 aliphatic rings. The van der Waals surface area contributed by atoms with E-state index in [0.717, 1.165) is 51.7 Å². The van der Waals surface area contributed by atoms with Crippen LogP contribution in [0.5, 0.6) is 0 Å². The van der Waals surface area contributed by atoms with E-state index in [0.29, 0.717) is 0 Å². The maximum atomic E-state index is 5.20. The summed E-state index contributed by atoms with van der Waals surface area (Å²) in [6.07, 6.45) is 19.4. The lowest BCUT2D eigenvalue weighted by Crippen LogP contribution is -2.41. The highest BCUT2D eigenvalue weighted by molar-refractivity contribution is 6.06. The molecule has 4 heteroatoms. The Morgan fingerprint density at radius 1 is 0.854 bits per heavy atom. The van der Waals surface area contributed by atoms with Crippen molar-refractivity contribution >= 4 is 33.2 Å². The Labute approximate surface area is 240 Å². The van der Waals surface area contributed by atoms with Gasteiger partial charge in [0.1, 0.15) is 5.84 Å².